The lowest BCUT2D eigenvalue weighted by Gasteiger charge is -2.54. The molecule has 1 fully saturated rings. The van der Waals surface area contributed by atoms with Gasteiger partial charge in [0, 0.05) is 42.5 Å². The van der Waals surface area contributed by atoms with Gasteiger partial charge in [0.2, 0.25) is 0 Å². The molecule has 1 N–H and O–H groups in total. The number of nitrogens with one attached hydrogen (secondary N) is 1. The average molecular weight is 530 g/mol. The van der Waals surface area contributed by atoms with Crippen LogP contribution in [0.5, 0.6) is 0 Å². The van der Waals surface area contributed by atoms with Crippen molar-refractivity contribution in [3.8, 4) is 0 Å². The zero-order valence-corrected chi connectivity index (χ0v) is 23.3. The predicted octanol–water partition coefficient (Wildman–Crippen LogP) is 5.21. The second-order valence-electron chi connectivity index (χ2n) is 10.8. The van der Waals surface area contributed by atoms with Crippen molar-refractivity contribution < 1.29 is 9.29 Å². The first-order valence-corrected chi connectivity index (χ1v) is 13.4. The smallest absolute Gasteiger partial charge is 0.144 e. The molecular formula is C24H37BrN2O2S2. The molecule has 0 saturated heterocycles. The molecule has 0 bridgehead atoms. The Hall–Kier alpha value is -0.180. The molecule has 0 unspecified atom stereocenters. The molecule has 0 aliphatic heterocycles. The van der Waals surface area contributed by atoms with Crippen LogP contribution in [0.3, 0.4) is 0 Å². The summed E-state index contributed by atoms with van der Waals surface area (Å²) in [5.41, 5.74) is 1.59. The summed E-state index contributed by atoms with van der Waals surface area (Å²) in [6.45, 7) is 10.6. The number of likely N-dealkylation sites (N-methyl/N-ethyl adjacent to an activating group) is 1. The zero-order valence-electron chi connectivity index (χ0n) is 20.0. The fourth-order valence-electron chi connectivity index (χ4n) is 6.04. The van der Waals surface area contributed by atoms with Crippen molar-refractivity contribution in [3.05, 3.63) is 33.8 Å². The van der Waals surface area contributed by atoms with Crippen LogP contribution in [0, 0.1) is 17.3 Å². The van der Waals surface area contributed by atoms with Crippen molar-refractivity contribution in [3.63, 3.8) is 0 Å². The minimum atomic E-state index is -1.29. The van der Waals surface area contributed by atoms with E-state index in [-0.39, 0.29) is 11.5 Å². The number of ether oxygens (including phenoxy) is 1. The number of thiocarbonyl (C=S) groups is 1. The van der Waals surface area contributed by atoms with E-state index in [9.17, 15) is 4.55 Å². The lowest BCUT2D eigenvalue weighted by atomic mass is 9.56. The van der Waals surface area contributed by atoms with Crippen molar-refractivity contribution in [1.29, 1.82) is 0 Å². The first-order chi connectivity index (χ1) is 14.3. The normalized spacial score (nSPS) is 33.9. The maximum absolute atomic E-state index is 13.6. The summed E-state index contributed by atoms with van der Waals surface area (Å²) < 4.78 is 23.8. The maximum Gasteiger partial charge on any atom is 0.144 e. The first kappa shape index (κ1) is 25.4. The molecule has 1 aromatic rings. The Morgan fingerprint density at radius 2 is 1.84 bits per heavy atom. The van der Waals surface area contributed by atoms with Crippen LogP contribution in [0.25, 0.3) is 0 Å². The molecule has 2 aliphatic rings. The van der Waals surface area contributed by atoms with Gasteiger partial charge < -0.3 is 14.2 Å². The maximum atomic E-state index is 13.6. The summed E-state index contributed by atoms with van der Waals surface area (Å²) in [5, 5.41) is 0. The summed E-state index contributed by atoms with van der Waals surface area (Å²) >= 11 is 8.58. The van der Waals surface area contributed by atoms with Crippen molar-refractivity contribution in [2.24, 2.45) is 17.3 Å². The Kier molecular flexibility index (Phi) is 7.29. The molecule has 31 heavy (non-hydrogen) atoms. The highest BCUT2D eigenvalue weighted by Crippen LogP contribution is 2.61. The zero-order chi connectivity index (χ0) is 23.4. The van der Waals surface area contributed by atoms with E-state index in [2.05, 4.69) is 52.7 Å². The van der Waals surface area contributed by atoms with Gasteiger partial charge in [-0.05, 0) is 75.1 Å². The van der Waals surface area contributed by atoms with Crippen LogP contribution < -0.4 is 4.72 Å². The summed E-state index contributed by atoms with van der Waals surface area (Å²) in [4.78, 5) is 2.83. The van der Waals surface area contributed by atoms with E-state index in [1.165, 1.54) is 5.56 Å². The van der Waals surface area contributed by atoms with E-state index >= 15 is 0 Å². The number of rotatable bonds is 4. The third-order valence-corrected chi connectivity index (χ3v) is 9.92. The highest BCUT2D eigenvalue weighted by Gasteiger charge is 2.65. The minimum absolute atomic E-state index is 0.174. The van der Waals surface area contributed by atoms with E-state index in [0.29, 0.717) is 11.8 Å². The molecule has 7 heteroatoms. The van der Waals surface area contributed by atoms with Gasteiger partial charge in [0.15, 0.2) is 0 Å². The third kappa shape index (κ3) is 4.24. The van der Waals surface area contributed by atoms with Crippen LogP contribution in [0.4, 0.5) is 0 Å². The van der Waals surface area contributed by atoms with Crippen LogP contribution in [0.15, 0.2) is 22.7 Å². The monoisotopic (exact) mass is 528 g/mol. The minimum Gasteiger partial charge on any atom is -0.598 e. The largest absolute Gasteiger partial charge is 0.598 e. The van der Waals surface area contributed by atoms with Gasteiger partial charge in [-0.1, -0.05) is 48.1 Å². The molecule has 1 spiro atoms. The molecule has 0 heterocycles. The second-order valence-corrected chi connectivity index (χ2v) is 14.0. The molecule has 174 valence electrons. The average Bonchev–Trinajstić information content (AvgIpc) is 2.89. The van der Waals surface area contributed by atoms with Crippen LogP contribution in [-0.2, 0) is 28.1 Å². The van der Waals surface area contributed by atoms with Crippen molar-refractivity contribution in [1.82, 2.24) is 9.62 Å². The summed E-state index contributed by atoms with van der Waals surface area (Å²) in [5.74, 6) is 0.751. The Labute approximate surface area is 205 Å². The number of halogens is 1. The molecule has 2 aliphatic carbocycles. The van der Waals surface area contributed by atoms with E-state index in [4.69, 9.17) is 17.0 Å². The van der Waals surface area contributed by atoms with E-state index in [1.54, 1.807) is 0 Å². The van der Waals surface area contributed by atoms with Crippen LogP contribution in [0.2, 0.25) is 0 Å². The fourth-order valence-corrected chi connectivity index (χ4v) is 7.85. The van der Waals surface area contributed by atoms with Gasteiger partial charge in [-0.25, -0.2) is 0 Å². The molecular weight excluding hydrogens is 492 g/mol. The SMILES string of the molecule is CO[C@H]1[C@H](C)C[C@@]2(Cc3ccc(Br)cc3[C@@]2(N[S@@+]([O-])C(C)(C)C)C(=S)N(C)C)C[C@@H]1C. The summed E-state index contributed by atoms with van der Waals surface area (Å²) in [6, 6.07) is 6.50. The molecule has 0 radical (unpaired) electrons. The molecule has 4 nitrogen and oxygen atoms in total. The number of benzene rings is 1. The molecule has 3 rings (SSSR count). The van der Waals surface area contributed by atoms with Crippen LogP contribution in [-0.4, -0.2) is 46.5 Å². The Balaban J connectivity index is 2.28. The topological polar surface area (TPSA) is 47.6 Å². The predicted molar refractivity (Wildman–Crippen MR) is 138 cm³/mol. The van der Waals surface area contributed by atoms with Crippen LogP contribution >= 0.6 is 28.1 Å². The number of hydrogen-bond donors (Lipinski definition) is 1. The van der Waals surface area contributed by atoms with E-state index < -0.39 is 21.6 Å². The molecule has 1 aromatic carbocycles. The third-order valence-electron chi connectivity index (χ3n) is 7.15. The van der Waals surface area contributed by atoms with Crippen molar-refractivity contribution >= 4 is 44.5 Å². The highest BCUT2D eigenvalue weighted by atomic mass is 79.9. The van der Waals surface area contributed by atoms with Crippen molar-refractivity contribution in [2.75, 3.05) is 21.2 Å². The van der Waals surface area contributed by atoms with Gasteiger partial charge in [0.25, 0.3) is 0 Å². The second kappa shape index (κ2) is 8.88. The van der Waals surface area contributed by atoms with Gasteiger partial charge in [0.05, 0.1) is 6.10 Å². The highest BCUT2D eigenvalue weighted by molar-refractivity contribution is 9.10. The van der Waals surface area contributed by atoms with Gasteiger partial charge >= 0.3 is 0 Å². The van der Waals surface area contributed by atoms with Crippen LogP contribution in [0.1, 0.15) is 58.6 Å². The number of nitrogens with zero attached hydrogens (tertiary/aromatic N) is 1. The summed E-state index contributed by atoms with van der Waals surface area (Å²) in [7, 11) is 5.83. The Bertz CT molecular complexity index is 829. The Morgan fingerprint density at radius 1 is 1.26 bits per heavy atom. The van der Waals surface area contributed by atoms with Gasteiger partial charge in [-0.15, -0.1) is 4.72 Å². The van der Waals surface area contributed by atoms with Gasteiger partial charge in [0.1, 0.15) is 15.3 Å². The van der Waals surface area contributed by atoms with E-state index in [0.717, 1.165) is 34.3 Å². The number of methoxy groups -OCH3 is 1. The Morgan fingerprint density at radius 3 is 2.32 bits per heavy atom. The molecule has 0 amide bonds. The first-order valence-electron chi connectivity index (χ1n) is 11.0. The fraction of sp³-hybridized carbons (Fsp3) is 0.708. The molecule has 6 atom stereocenters. The lowest BCUT2D eigenvalue weighted by Crippen LogP contribution is -2.66. The van der Waals surface area contributed by atoms with Gasteiger partial charge in [-0.2, -0.15) is 0 Å². The lowest BCUT2D eigenvalue weighted by molar-refractivity contribution is -0.0678. The molecule has 0 aromatic heterocycles. The number of hydrogen-bond acceptors (Lipinski definition) is 4. The van der Waals surface area contributed by atoms with E-state index in [1.807, 2.05) is 46.9 Å². The quantitative estimate of drug-likeness (QED) is 0.429. The number of fused-ring (bicyclic) bond motifs is 1. The summed E-state index contributed by atoms with van der Waals surface area (Å²) in [6.07, 6.45) is 3.07. The molecule has 1 saturated carbocycles. The van der Waals surface area contributed by atoms with Crippen molar-refractivity contribution in [2.45, 2.75) is 70.3 Å². The van der Waals surface area contributed by atoms with Gasteiger partial charge in [-0.3, -0.25) is 0 Å². The standard InChI is InChI=1S/C24H37BrN2O2S2/c1-15-12-23(13-16(2)20(15)29-8)14-17-9-10-18(25)11-19(17)24(23,21(30)27(6)7)26-31(28)22(3,4)5/h9-11,15-16,20,26H,12-14H2,1-8H3/t15-,16+,20+,23+,24-,31+/m1/s1.